The number of fused-ring (bicyclic) bond motifs is 9. The van der Waals surface area contributed by atoms with Crippen LogP contribution in [0.4, 0.5) is 0 Å². The molecule has 1 aliphatic heterocycles. The lowest BCUT2D eigenvalue weighted by Crippen LogP contribution is -2.27. The first-order valence-corrected chi connectivity index (χ1v) is 20.5. The van der Waals surface area contributed by atoms with Crippen LogP contribution in [-0.2, 0) is 0 Å². The van der Waals surface area contributed by atoms with E-state index >= 15 is 0 Å². The van der Waals surface area contributed by atoms with E-state index in [9.17, 15) is 15.3 Å². The second-order valence-electron chi connectivity index (χ2n) is 14.6. The van der Waals surface area contributed by atoms with E-state index in [2.05, 4.69) is 31.9 Å². The normalized spacial score (nSPS) is 29.9. The summed E-state index contributed by atoms with van der Waals surface area (Å²) in [5.74, 6) is 0.396. The molecule has 0 radical (unpaired) electrons. The molecular weight excluding hydrogens is 796 g/mol. The highest BCUT2D eigenvalue weighted by atomic mass is 79.9. The number of nitrogens with zero attached hydrogens (tertiary/aromatic N) is 6. The molecule has 3 N–H and O–H groups in total. The fourth-order valence-electron chi connectivity index (χ4n) is 7.84. The number of hydrogen-bond donors (Lipinski definition) is 3. The van der Waals surface area contributed by atoms with E-state index in [0.29, 0.717) is 33.4 Å². The highest BCUT2D eigenvalue weighted by molar-refractivity contribution is 9.10. The molecule has 3 aliphatic carbocycles. The molecule has 276 valence electrons. The molecule has 7 rings (SSSR count). The van der Waals surface area contributed by atoms with Gasteiger partial charge in [0.15, 0.2) is 0 Å². The molecule has 3 aromatic carbocycles. The predicted molar refractivity (Wildman–Crippen MR) is 223 cm³/mol. The molecule has 0 aromatic heterocycles. The first-order valence-electron chi connectivity index (χ1n) is 18.9. The molecular formula is C42H46Br2N6O3. The zero-order chi connectivity index (χ0) is 36.7. The quantitative estimate of drug-likeness (QED) is 0.208. The van der Waals surface area contributed by atoms with Gasteiger partial charge in [-0.25, -0.2) is 0 Å². The van der Waals surface area contributed by atoms with Crippen LogP contribution >= 0.6 is 31.9 Å². The highest BCUT2D eigenvalue weighted by Gasteiger charge is 2.26. The average molecular weight is 843 g/mol. The Morgan fingerprint density at radius 2 is 0.604 bits per heavy atom. The number of aromatic hydroxyl groups is 3. The fraction of sp³-hybridized carbons (Fsp3) is 0.429. The zero-order valence-electron chi connectivity index (χ0n) is 29.7. The maximum absolute atomic E-state index is 11.4. The molecule has 6 unspecified atom stereocenters. The Labute approximate surface area is 328 Å². The van der Waals surface area contributed by atoms with E-state index in [-0.39, 0.29) is 53.5 Å². The monoisotopic (exact) mass is 840 g/mol. The molecule has 6 bridgehead atoms. The van der Waals surface area contributed by atoms with E-state index in [4.69, 9.17) is 30.0 Å². The number of phenolic OH excluding ortho intramolecular Hbond substituents is 3. The van der Waals surface area contributed by atoms with Crippen molar-refractivity contribution >= 4 is 69.1 Å². The Balaban J connectivity index is 1.27. The van der Waals surface area contributed by atoms with E-state index in [1.165, 1.54) is 0 Å². The van der Waals surface area contributed by atoms with E-state index in [0.717, 1.165) is 86.0 Å². The van der Waals surface area contributed by atoms with Crippen LogP contribution < -0.4 is 0 Å². The van der Waals surface area contributed by atoms with Crippen LogP contribution in [0.2, 0.25) is 0 Å². The number of rotatable bonds is 0. The number of benzene rings is 3. The minimum Gasteiger partial charge on any atom is -0.507 e. The number of para-hydroxylation sites is 1. The third-order valence-corrected chi connectivity index (χ3v) is 11.8. The van der Waals surface area contributed by atoms with Gasteiger partial charge >= 0.3 is 0 Å². The molecule has 53 heavy (non-hydrogen) atoms. The molecule has 0 saturated heterocycles. The molecule has 3 fully saturated rings. The van der Waals surface area contributed by atoms with Crippen molar-refractivity contribution in [1.29, 1.82) is 0 Å². The third kappa shape index (κ3) is 9.23. The van der Waals surface area contributed by atoms with Crippen molar-refractivity contribution in [2.75, 3.05) is 0 Å². The first kappa shape index (κ1) is 37.4. The summed E-state index contributed by atoms with van der Waals surface area (Å²) in [6, 6.07) is 12.8. The van der Waals surface area contributed by atoms with Crippen molar-refractivity contribution in [2.24, 2.45) is 30.0 Å². The summed E-state index contributed by atoms with van der Waals surface area (Å²) < 4.78 is 1.64. The summed E-state index contributed by atoms with van der Waals surface area (Å²) in [5, 5.41) is 34.0. The van der Waals surface area contributed by atoms with Crippen molar-refractivity contribution in [3.8, 4) is 17.2 Å². The van der Waals surface area contributed by atoms with Gasteiger partial charge in [-0.3, -0.25) is 30.0 Å². The van der Waals surface area contributed by atoms with Gasteiger partial charge in [0, 0.05) is 79.6 Å². The van der Waals surface area contributed by atoms with Crippen LogP contribution in [-0.4, -0.2) is 88.9 Å². The largest absolute Gasteiger partial charge is 0.507 e. The van der Waals surface area contributed by atoms with Crippen LogP contribution in [0.25, 0.3) is 0 Å². The fourth-order valence-corrected chi connectivity index (χ4v) is 8.83. The highest BCUT2D eigenvalue weighted by Crippen LogP contribution is 2.32. The van der Waals surface area contributed by atoms with Crippen LogP contribution in [0.15, 0.2) is 81.4 Å². The summed E-state index contributed by atoms with van der Waals surface area (Å²) in [4.78, 5) is 29.7. The van der Waals surface area contributed by atoms with Gasteiger partial charge in [0.05, 0.1) is 36.3 Å². The Kier molecular flexibility index (Phi) is 12.3. The van der Waals surface area contributed by atoms with Gasteiger partial charge in [-0.15, -0.1) is 0 Å². The summed E-state index contributed by atoms with van der Waals surface area (Å²) in [6.07, 6.45) is 22.3. The van der Waals surface area contributed by atoms with Crippen molar-refractivity contribution in [1.82, 2.24) is 0 Å². The van der Waals surface area contributed by atoms with Gasteiger partial charge in [0.1, 0.15) is 17.2 Å². The van der Waals surface area contributed by atoms with Crippen molar-refractivity contribution in [2.45, 2.75) is 113 Å². The molecule has 3 saturated carbocycles. The molecule has 3 aromatic rings. The molecule has 0 amide bonds. The lowest BCUT2D eigenvalue weighted by atomic mass is 9.91. The molecule has 9 nitrogen and oxygen atoms in total. The Hall–Kier alpha value is -3.96. The lowest BCUT2D eigenvalue weighted by molar-refractivity contribution is 0.389. The second kappa shape index (κ2) is 17.5. The molecule has 1 heterocycles. The van der Waals surface area contributed by atoms with Gasteiger partial charge in [-0.1, -0.05) is 76.5 Å². The summed E-state index contributed by atoms with van der Waals surface area (Å²) in [6.45, 7) is 0. The van der Waals surface area contributed by atoms with Gasteiger partial charge in [-0.2, -0.15) is 0 Å². The first-order chi connectivity index (χ1) is 25.8. The molecule has 11 heteroatoms. The van der Waals surface area contributed by atoms with E-state index in [1.807, 2.05) is 42.5 Å². The zero-order valence-corrected chi connectivity index (χ0v) is 32.9. The number of hydrogen-bond acceptors (Lipinski definition) is 9. The summed E-state index contributed by atoms with van der Waals surface area (Å²) in [7, 11) is 0. The molecule has 6 atom stereocenters. The maximum Gasteiger partial charge on any atom is 0.133 e. The smallest absolute Gasteiger partial charge is 0.133 e. The lowest BCUT2D eigenvalue weighted by Gasteiger charge is -2.26. The van der Waals surface area contributed by atoms with Gasteiger partial charge < -0.3 is 15.3 Å². The van der Waals surface area contributed by atoms with Crippen LogP contribution in [0, 0.1) is 0 Å². The van der Waals surface area contributed by atoms with Gasteiger partial charge in [-0.05, 0) is 74.9 Å². The SMILES string of the molecule is Oc1c2cccc1/C=N/C1CCCCC1/N=C/c1cc(Br)cc(c1O)/C=N/C1CCCCC1/N=C/c1cc(Br)cc(c1O)/C=N/C1CCCCC1/N=C/2. The minimum absolute atomic E-state index is 0.0420. The van der Waals surface area contributed by atoms with Crippen LogP contribution in [0.5, 0.6) is 17.2 Å². The standard InChI is InChI=1S/C42H46Br2N6O3/c43-32-16-28-22-47-36-12-3-1-10-34(36)45-20-26-8-7-9-27(40(26)51)21-46-35-11-2-4-13-37(35)48-23-29-17-33(44)19-31(42(29)53)25-50-39-15-6-5-14-38(39)49-24-30(18-32)41(28)52/h7-9,16-25,34-39,51-53H,1-6,10-15H2/b45-20+,46-21+,47-22+,48-23+,49-24+,50-25+. The summed E-state index contributed by atoms with van der Waals surface area (Å²) in [5.41, 5.74) is 3.71. The minimum atomic E-state index is -0.0576. The van der Waals surface area contributed by atoms with Gasteiger partial charge in [0.2, 0.25) is 0 Å². The average Bonchev–Trinajstić information content (AvgIpc) is 3.17. The maximum atomic E-state index is 11.4. The van der Waals surface area contributed by atoms with Crippen molar-refractivity contribution < 1.29 is 15.3 Å². The van der Waals surface area contributed by atoms with E-state index in [1.54, 1.807) is 37.3 Å². The molecule has 4 aliphatic rings. The van der Waals surface area contributed by atoms with Crippen molar-refractivity contribution in [3.05, 3.63) is 84.8 Å². The topological polar surface area (TPSA) is 135 Å². The van der Waals surface area contributed by atoms with Gasteiger partial charge in [0.25, 0.3) is 0 Å². The Bertz CT molecular complexity index is 1840. The second-order valence-corrected chi connectivity index (χ2v) is 16.4. The van der Waals surface area contributed by atoms with E-state index < -0.39 is 0 Å². The Morgan fingerprint density at radius 1 is 0.377 bits per heavy atom. The third-order valence-electron chi connectivity index (χ3n) is 10.9. The molecule has 0 spiro atoms. The number of aliphatic imine (C=N–C) groups is 6. The number of halogens is 2. The van der Waals surface area contributed by atoms with Crippen LogP contribution in [0.3, 0.4) is 0 Å². The van der Waals surface area contributed by atoms with Crippen molar-refractivity contribution in [3.63, 3.8) is 0 Å². The Morgan fingerprint density at radius 3 is 0.868 bits per heavy atom. The predicted octanol–water partition coefficient (Wildman–Crippen LogP) is 9.19. The van der Waals surface area contributed by atoms with Crippen LogP contribution in [0.1, 0.15) is 110 Å². The number of phenols is 3. The summed E-state index contributed by atoms with van der Waals surface area (Å²) >= 11 is 7.26.